The third-order valence-corrected chi connectivity index (χ3v) is 13.9. The Labute approximate surface area is 370 Å². The minimum Gasteiger partial charge on any atom is -0.310 e. The van der Waals surface area contributed by atoms with Crippen LogP contribution in [0.4, 0.5) is 17.1 Å². The van der Waals surface area contributed by atoms with Gasteiger partial charge in [-0.3, -0.25) is 0 Å². The molecule has 0 aliphatic heterocycles. The van der Waals surface area contributed by atoms with Crippen LogP contribution in [0.2, 0.25) is 0 Å². The fraction of sp³-hybridized carbons (Fsp3) is 0.0645. The Morgan fingerprint density at radius 2 is 0.762 bits per heavy atom. The number of rotatable bonds is 7. The molecule has 0 saturated heterocycles. The van der Waals surface area contributed by atoms with Crippen molar-refractivity contribution in [3.63, 3.8) is 0 Å². The Balaban J connectivity index is 1.02. The van der Waals surface area contributed by atoms with Gasteiger partial charge in [0.1, 0.15) is 0 Å². The van der Waals surface area contributed by atoms with Crippen LogP contribution in [-0.4, -0.2) is 0 Å². The van der Waals surface area contributed by atoms with E-state index in [1.54, 1.807) is 0 Å². The highest BCUT2D eigenvalue weighted by Crippen LogP contribution is 2.58. The summed E-state index contributed by atoms with van der Waals surface area (Å²) in [5, 5.41) is 2.53. The molecule has 10 aromatic carbocycles. The van der Waals surface area contributed by atoms with Crippen LogP contribution in [0.15, 0.2) is 237 Å². The van der Waals surface area contributed by atoms with E-state index in [1.807, 2.05) is 0 Å². The van der Waals surface area contributed by atoms with Crippen LogP contribution < -0.4 is 4.90 Å². The molecule has 1 nitrogen and oxygen atoms in total. The van der Waals surface area contributed by atoms with Crippen molar-refractivity contribution in [2.75, 3.05) is 4.90 Å². The fourth-order valence-electron chi connectivity index (χ4n) is 10.9. The van der Waals surface area contributed by atoms with Crippen molar-refractivity contribution in [2.45, 2.75) is 24.7 Å². The van der Waals surface area contributed by atoms with Gasteiger partial charge in [-0.2, -0.15) is 0 Å². The summed E-state index contributed by atoms with van der Waals surface area (Å²) in [5.74, 6) is 0. The molecule has 0 radical (unpaired) electrons. The van der Waals surface area contributed by atoms with E-state index >= 15 is 0 Å². The van der Waals surface area contributed by atoms with Gasteiger partial charge in [0, 0.05) is 22.5 Å². The second-order valence-corrected chi connectivity index (χ2v) is 17.7. The van der Waals surface area contributed by atoms with Crippen LogP contribution in [-0.2, 0) is 10.8 Å². The van der Waals surface area contributed by atoms with E-state index in [9.17, 15) is 0 Å². The predicted molar refractivity (Wildman–Crippen MR) is 264 cm³/mol. The molecule has 10 aromatic rings. The first kappa shape index (κ1) is 37.1. The molecule has 0 bridgehead atoms. The van der Waals surface area contributed by atoms with E-state index in [4.69, 9.17) is 0 Å². The molecule has 0 amide bonds. The highest BCUT2D eigenvalue weighted by Gasteiger charge is 2.46. The molecule has 2 aliphatic rings. The first-order valence-corrected chi connectivity index (χ1v) is 22.1. The van der Waals surface area contributed by atoms with Crippen LogP contribution in [0.5, 0.6) is 0 Å². The lowest BCUT2D eigenvalue weighted by Gasteiger charge is -2.34. The van der Waals surface area contributed by atoms with E-state index < -0.39 is 5.41 Å². The van der Waals surface area contributed by atoms with Crippen LogP contribution in [0.1, 0.15) is 47.2 Å². The summed E-state index contributed by atoms with van der Waals surface area (Å²) < 4.78 is 0. The SMILES string of the molecule is CC1(C)c2cc(-c3ccc4ccccc4c3)ccc2-c2ccc(N(c3ccc(-c4ccccc4)cc3)c3ccc4c(c3)-c3ccccc3C4(c3ccccc3)c3ccccc3)cc21. The molecule has 63 heavy (non-hydrogen) atoms. The Morgan fingerprint density at radius 3 is 1.49 bits per heavy atom. The van der Waals surface area contributed by atoms with Crippen LogP contribution in [0, 0.1) is 0 Å². The minimum atomic E-state index is -0.454. The number of anilines is 3. The Morgan fingerprint density at radius 1 is 0.286 bits per heavy atom. The van der Waals surface area contributed by atoms with E-state index in [0.717, 1.165) is 17.1 Å². The topological polar surface area (TPSA) is 3.24 Å². The van der Waals surface area contributed by atoms with Gasteiger partial charge >= 0.3 is 0 Å². The van der Waals surface area contributed by atoms with E-state index in [-0.39, 0.29) is 5.41 Å². The largest absolute Gasteiger partial charge is 0.310 e. The molecule has 12 rings (SSSR count). The summed E-state index contributed by atoms with van der Waals surface area (Å²) in [5.41, 5.74) is 20.6. The molecule has 1 heteroatoms. The summed E-state index contributed by atoms with van der Waals surface area (Å²) in [4.78, 5) is 2.46. The van der Waals surface area contributed by atoms with Crippen molar-refractivity contribution in [1.82, 2.24) is 0 Å². The maximum atomic E-state index is 2.46. The molecular formula is C62H45N. The predicted octanol–water partition coefficient (Wildman–Crippen LogP) is 16.3. The average molecular weight is 804 g/mol. The summed E-state index contributed by atoms with van der Waals surface area (Å²) in [6.07, 6.45) is 0. The van der Waals surface area contributed by atoms with E-state index in [2.05, 4.69) is 255 Å². The van der Waals surface area contributed by atoms with Crippen molar-refractivity contribution < 1.29 is 0 Å². The Kier molecular flexibility index (Phi) is 8.49. The highest BCUT2D eigenvalue weighted by atomic mass is 15.1. The third-order valence-electron chi connectivity index (χ3n) is 13.9. The van der Waals surface area contributed by atoms with Crippen molar-refractivity contribution >= 4 is 27.8 Å². The summed E-state index contributed by atoms with van der Waals surface area (Å²) in [6.45, 7) is 4.79. The molecule has 0 atom stereocenters. The van der Waals surface area contributed by atoms with Gasteiger partial charge in [0.2, 0.25) is 0 Å². The smallest absolute Gasteiger partial charge is 0.0713 e. The molecule has 298 valence electrons. The molecule has 0 heterocycles. The molecule has 0 saturated carbocycles. The van der Waals surface area contributed by atoms with Crippen LogP contribution in [0.3, 0.4) is 0 Å². The lowest BCUT2D eigenvalue weighted by Crippen LogP contribution is -2.28. The standard InChI is InChI=1S/C62H45N/c1-61(2)59-39-47(46-27-26-43-18-12-13-19-45(43)38-46)30-35-54(59)55-36-33-52(41-60(55)61)63(50-31-28-44(29-32-50)42-16-6-3-7-17-42)51-34-37-58-56(40-51)53-24-14-15-25-57(53)62(58,48-20-8-4-9-21-48)49-22-10-5-11-23-49/h3-41H,1-2H3. The van der Waals surface area contributed by atoms with Gasteiger partial charge in [-0.15, -0.1) is 0 Å². The number of fused-ring (bicyclic) bond motifs is 7. The van der Waals surface area contributed by atoms with Crippen LogP contribution in [0.25, 0.3) is 55.3 Å². The summed E-state index contributed by atoms with van der Waals surface area (Å²) in [7, 11) is 0. The van der Waals surface area contributed by atoms with E-state index in [1.165, 1.54) is 88.7 Å². The number of hydrogen-bond donors (Lipinski definition) is 0. The molecule has 0 aromatic heterocycles. The zero-order valence-corrected chi connectivity index (χ0v) is 35.5. The molecule has 0 N–H and O–H groups in total. The lowest BCUT2D eigenvalue weighted by molar-refractivity contribution is 0.660. The average Bonchev–Trinajstić information content (AvgIpc) is 3.77. The monoisotopic (exact) mass is 803 g/mol. The molecule has 0 fully saturated rings. The normalized spacial score (nSPS) is 13.8. The first-order chi connectivity index (χ1) is 31.0. The summed E-state index contributed by atoms with van der Waals surface area (Å²) in [6, 6.07) is 87.7. The second-order valence-electron chi connectivity index (χ2n) is 17.7. The van der Waals surface area contributed by atoms with Gasteiger partial charge in [-0.05, 0) is 137 Å². The van der Waals surface area contributed by atoms with Gasteiger partial charge < -0.3 is 4.90 Å². The van der Waals surface area contributed by atoms with Crippen molar-refractivity contribution in [1.29, 1.82) is 0 Å². The molecule has 0 spiro atoms. The number of nitrogens with zero attached hydrogens (tertiary/aromatic N) is 1. The van der Waals surface area contributed by atoms with Gasteiger partial charge in [0.15, 0.2) is 0 Å². The second kappa shape index (κ2) is 14.4. The van der Waals surface area contributed by atoms with Crippen molar-refractivity contribution in [2.24, 2.45) is 0 Å². The minimum absolute atomic E-state index is 0.210. The lowest BCUT2D eigenvalue weighted by atomic mass is 9.68. The number of benzene rings is 10. The van der Waals surface area contributed by atoms with Crippen molar-refractivity contribution in [3.05, 3.63) is 270 Å². The third kappa shape index (κ3) is 5.77. The highest BCUT2D eigenvalue weighted by molar-refractivity contribution is 5.93. The molecule has 0 unspecified atom stereocenters. The van der Waals surface area contributed by atoms with Gasteiger partial charge in [0.25, 0.3) is 0 Å². The first-order valence-electron chi connectivity index (χ1n) is 22.1. The quantitative estimate of drug-likeness (QED) is 0.155. The Hall–Kier alpha value is -7.74. The van der Waals surface area contributed by atoms with Gasteiger partial charge in [0.05, 0.1) is 5.41 Å². The Bertz CT molecular complexity index is 3310. The number of hydrogen-bond acceptors (Lipinski definition) is 1. The zero-order valence-electron chi connectivity index (χ0n) is 35.5. The van der Waals surface area contributed by atoms with Crippen molar-refractivity contribution in [3.8, 4) is 44.5 Å². The fourth-order valence-corrected chi connectivity index (χ4v) is 10.9. The van der Waals surface area contributed by atoms with Gasteiger partial charge in [-0.1, -0.05) is 202 Å². The van der Waals surface area contributed by atoms with Gasteiger partial charge in [-0.25, -0.2) is 0 Å². The van der Waals surface area contributed by atoms with E-state index in [0.29, 0.717) is 0 Å². The maximum absolute atomic E-state index is 2.46. The zero-order chi connectivity index (χ0) is 42.1. The maximum Gasteiger partial charge on any atom is 0.0713 e. The van der Waals surface area contributed by atoms with Crippen LogP contribution >= 0.6 is 0 Å². The summed E-state index contributed by atoms with van der Waals surface area (Å²) >= 11 is 0. The molecule has 2 aliphatic carbocycles. The molecular weight excluding hydrogens is 759 g/mol.